The van der Waals surface area contributed by atoms with Crippen LogP contribution in [0.2, 0.25) is 0 Å². The number of ether oxygens (including phenoxy) is 3. The Morgan fingerprint density at radius 2 is 2.19 bits per heavy atom. The Labute approximate surface area is 94.1 Å². The Kier molecular flexibility index (Phi) is 4.26. The van der Waals surface area contributed by atoms with Gasteiger partial charge in [-0.05, 0) is 20.8 Å². The van der Waals surface area contributed by atoms with Gasteiger partial charge < -0.3 is 24.4 Å². The summed E-state index contributed by atoms with van der Waals surface area (Å²) in [4.78, 5) is 11.2. The first-order valence-electron chi connectivity index (χ1n) is 5.22. The van der Waals surface area contributed by atoms with Gasteiger partial charge in [0.05, 0.1) is 13.2 Å². The second-order valence-electron chi connectivity index (χ2n) is 4.05. The van der Waals surface area contributed by atoms with E-state index in [0.29, 0.717) is 0 Å². The molecule has 3 atom stereocenters. The molecular formula is C10H18O6. The van der Waals surface area contributed by atoms with E-state index in [1.165, 1.54) is 0 Å². The lowest BCUT2D eigenvalue weighted by atomic mass is 10.1. The molecule has 0 saturated carbocycles. The summed E-state index contributed by atoms with van der Waals surface area (Å²) in [6.45, 7) is 5.28. The van der Waals surface area contributed by atoms with Crippen LogP contribution in [0.3, 0.4) is 0 Å². The third-order valence-corrected chi connectivity index (χ3v) is 2.26. The molecular weight excluding hydrogens is 216 g/mol. The first-order chi connectivity index (χ1) is 7.37. The topological polar surface area (TPSA) is 85.2 Å². The maximum Gasteiger partial charge on any atom is 0.337 e. The van der Waals surface area contributed by atoms with E-state index in [0.717, 1.165) is 0 Å². The van der Waals surface area contributed by atoms with Crippen LogP contribution in [0.15, 0.2) is 0 Å². The van der Waals surface area contributed by atoms with Crippen molar-refractivity contribution in [2.24, 2.45) is 0 Å². The number of aliphatic hydroxyl groups is 2. The zero-order valence-corrected chi connectivity index (χ0v) is 9.67. The van der Waals surface area contributed by atoms with Gasteiger partial charge in [0.25, 0.3) is 0 Å². The van der Waals surface area contributed by atoms with E-state index in [9.17, 15) is 15.0 Å². The number of rotatable bonds is 4. The lowest BCUT2D eigenvalue weighted by molar-refractivity contribution is -0.176. The number of carbonyl (C=O) groups is 1. The zero-order valence-electron chi connectivity index (χ0n) is 9.67. The molecule has 1 aliphatic rings. The lowest BCUT2D eigenvalue weighted by Crippen LogP contribution is -2.44. The average molecular weight is 234 g/mol. The van der Waals surface area contributed by atoms with Crippen molar-refractivity contribution in [3.05, 3.63) is 0 Å². The molecule has 94 valence electrons. The molecule has 0 aliphatic carbocycles. The van der Waals surface area contributed by atoms with Gasteiger partial charge in [-0.15, -0.1) is 0 Å². The van der Waals surface area contributed by atoms with Crippen molar-refractivity contribution in [2.75, 3.05) is 13.2 Å². The second kappa shape index (κ2) is 5.09. The first-order valence-corrected chi connectivity index (χ1v) is 5.22. The van der Waals surface area contributed by atoms with Gasteiger partial charge >= 0.3 is 5.97 Å². The zero-order chi connectivity index (χ0) is 12.3. The molecule has 0 spiro atoms. The summed E-state index contributed by atoms with van der Waals surface area (Å²) in [6.07, 6.45) is -3.68. The van der Waals surface area contributed by atoms with Gasteiger partial charge in [-0.2, -0.15) is 0 Å². The van der Waals surface area contributed by atoms with E-state index in [1.54, 1.807) is 20.8 Å². The van der Waals surface area contributed by atoms with E-state index in [2.05, 4.69) is 4.74 Å². The van der Waals surface area contributed by atoms with Crippen LogP contribution in [0.4, 0.5) is 0 Å². The summed E-state index contributed by atoms with van der Waals surface area (Å²) in [6, 6.07) is 0. The van der Waals surface area contributed by atoms with Crippen LogP contribution in [-0.4, -0.2) is 53.5 Å². The molecule has 0 aromatic heterocycles. The maximum absolute atomic E-state index is 11.2. The molecule has 6 heteroatoms. The molecule has 0 unspecified atom stereocenters. The third kappa shape index (κ3) is 3.15. The van der Waals surface area contributed by atoms with Gasteiger partial charge in [0.15, 0.2) is 11.9 Å². The molecule has 1 aliphatic heterocycles. The van der Waals surface area contributed by atoms with Crippen molar-refractivity contribution >= 4 is 5.97 Å². The van der Waals surface area contributed by atoms with E-state index in [4.69, 9.17) is 9.47 Å². The highest BCUT2D eigenvalue weighted by Gasteiger charge is 2.41. The Bertz CT molecular complexity index is 252. The molecule has 16 heavy (non-hydrogen) atoms. The van der Waals surface area contributed by atoms with Crippen molar-refractivity contribution in [1.29, 1.82) is 0 Å². The monoisotopic (exact) mass is 234 g/mol. The Morgan fingerprint density at radius 1 is 1.56 bits per heavy atom. The quantitative estimate of drug-likeness (QED) is 0.633. The summed E-state index contributed by atoms with van der Waals surface area (Å²) >= 11 is 0. The van der Waals surface area contributed by atoms with Crippen LogP contribution in [0.5, 0.6) is 0 Å². The SMILES string of the molecule is CCOC(=O)[C@H](O)[C@H](O)[C@H]1COC(C)(C)O1. The van der Waals surface area contributed by atoms with Gasteiger partial charge in [0.2, 0.25) is 0 Å². The van der Waals surface area contributed by atoms with Crippen LogP contribution in [0, 0.1) is 0 Å². The van der Waals surface area contributed by atoms with E-state index < -0.39 is 30.1 Å². The minimum absolute atomic E-state index is 0.130. The van der Waals surface area contributed by atoms with Crippen molar-refractivity contribution in [3.63, 3.8) is 0 Å². The smallest absolute Gasteiger partial charge is 0.337 e. The Hall–Kier alpha value is -0.690. The molecule has 0 aromatic rings. The van der Waals surface area contributed by atoms with Gasteiger partial charge in [-0.3, -0.25) is 0 Å². The predicted octanol–water partition coefficient (Wildman–Crippen LogP) is -0.577. The lowest BCUT2D eigenvalue weighted by Gasteiger charge is -2.22. The van der Waals surface area contributed by atoms with Gasteiger partial charge in [0, 0.05) is 0 Å². The largest absolute Gasteiger partial charge is 0.464 e. The van der Waals surface area contributed by atoms with Crippen LogP contribution >= 0.6 is 0 Å². The van der Waals surface area contributed by atoms with Crippen LogP contribution in [0.25, 0.3) is 0 Å². The summed E-state index contributed by atoms with van der Waals surface area (Å²) in [5.41, 5.74) is 0. The van der Waals surface area contributed by atoms with Crippen LogP contribution < -0.4 is 0 Å². The number of esters is 1. The standard InChI is InChI=1S/C10H18O6/c1-4-14-9(13)8(12)7(11)6-5-15-10(2,3)16-6/h6-8,11-12H,4-5H2,1-3H3/t6-,7-,8-/m1/s1. The van der Waals surface area contributed by atoms with Gasteiger partial charge in [-0.25, -0.2) is 4.79 Å². The number of carbonyl (C=O) groups excluding carboxylic acids is 1. The number of aliphatic hydroxyl groups excluding tert-OH is 2. The Balaban J connectivity index is 2.51. The molecule has 1 heterocycles. The van der Waals surface area contributed by atoms with Crippen molar-refractivity contribution < 1.29 is 29.2 Å². The van der Waals surface area contributed by atoms with E-state index in [1.807, 2.05) is 0 Å². The molecule has 0 radical (unpaired) electrons. The molecule has 1 rings (SSSR count). The summed E-state index contributed by atoms with van der Waals surface area (Å²) in [5.74, 6) is -1.66. The fraction of sp³-hybridized carbons (Fsp3) is 0.900. The van der Waals surface area contributed by atoms with Gasteiger partial charge in [-0.1, -0.05) is 0 Å². The predicted molar refractivity (Wildman–Crippen MR) is 53.6 cm³/mol. The highest BCUT2D eigenvalue weighted by molar-refractivity contribution is 5.75. The maximum atomic E-state index is 11.2. The fourth-order valence-corrected chi connectivity index (χ4v) is 1.45. The van der Waals surface area contributed by atoms with E-state index in [-0.39, 0.29) is 13.2 Å². The number of hydrogen-bond acceptors (Lipinski definition) is 6. The van der Waals surface area contributed by atoms with Crippen molar-refractivity contribution in [3.8, 4) is 0 Å². The third-order valence-electron chi connectivity index (χ3n) is 2.26. The molecule has 0 amide bonds. The van der Waals surface area contributed by atoms with Crippen LogP contribution in [0.1, 0.15) is 20.8 Å². The fourth-order valence-electron chi connectivity index (χ4n) is 1.45. The molecule has 0 bridgehead atoms. The van der Waals surface area contributed by atoms with Gasteiger partial charge in [0.1, 0.15) is 12.2 Å². The highest BCUT2D eigenvalue weighted by Crippen LogP contribution is 2.25. The summed E-state index contributed by atoms with van der Waals surface area (Å²) in [7, 11) is 0. The average Bonchev–Trinajstić information content (AvgIpc) is 2.57. The summed E-state index contributed by atoms with van der Waals surface area (Å²) < 4.78 is 15.1. The molecule has 1 fully saturated rings. The molecule has 1 saturated heterocycles. The second-order valence-corrected chi connectivity index (χ2v) is 4.05. The minimum atomic E-state index is -1.61. The summed E-state index contributed by atoms with van der Waals surface area (Å²) in [5, 5.41) is 19.2. The molecule has 6 nitrogen and oxygen atoms in total. The first kappa shape index (κ1) is 13.4. The van der Waals surface area contributed by atoms with E-state index >= 15 is 0 Å². The van der Waals surface area contributed by atoms with Crippen molar-refractivity contribution in [1.82, 2.24) is 0 Å². The molecule has 2 N–H and O–H groups in total. The normalized spacial score (nSPS) is 27.4. The molecule has 0 aromatic carbocycles. The van der Waals surface area contributed by atoms with Crippen LogP contribution in [-0.2, 0) is 19.0 Å². The number of hydrogen-bond donors (Lipinski definition) is 2. The Morgan fingerprint density at radius 3 is 2.62 bits per heavy atom. The minimum Gasteiger partial charge on any atom is -0.464 e. The highest BCUT2D eigenvalue weighted by atomic mass is 16.7. The van der Waals surface area contributed by atoms with Crippen molar-refractivity contribution in [2.45, 2.75) is 44.9 Å².